The highest BCUT2D eigenvalue weighted by Crippen LogP contribution is 2.21. The third-order valence-electron chi connectivity index (χ3n) is 2.85. The van der Waals surface area contributed by atoms with Crippen LogP contribution in [0.5, 0.6) is 0 Å². The predicted molar refractivity (Wildman–Crippen MR) is 73.6 cm³/mol. The minimum atomic E-state index is -0.156. The minimum Gasteiger partial charge on any atom is -0.399 e. The molecule has 100 valence electrons. The zero-order chi connectivity index (χ0) is 13.5. The molecule has 0 spiro atoms. The van der Waals surface area contributed by atoms with Gasteiger partial charge in [-0.3, -0.25) is 4.79 Å². The first kappa shape index (κ1) is 14.3. The van der Waals surface area contributed by atoms with Gasteiger partial charge in [0.05, 0.1) is 5.56 Å². The van der Waals surface area contributed by atoms with Crippen LogP contribution in [0.3, 0.4) is 0 Å². The van der Waals surface area contributed by atoms with E-state index in [0.717, 1.165) is 6.42 Å². The van der Waals surface area contributed by atoms with Crippen LogP contribution >= 0.6 is 0 Å². The Kier molecular flexibility index (Phi) is 5.45. The summed E-state index contributed by atoms with van der Waals surface area (Å²) in [6.45, 7) is 2.14. The van der Waals surface area contributed by atoms with E-state index in [9.17, 15) is 4.79 Å². The molecule has 0 aromatic heterocycles. The van der Waals surface area contributed by atoms with Gasteiger partial charge in [-0.1, -0.05) is 6.92 Å². The van der Waals surface area contributed by atoms with Crippen molar-refractivity contribution in [3.05, 3.63) is 23.8 Å². The molecule has 0 bridgehead atoms. The molecule has 0 heterocycles. The number of nitrogens with one attached hydrogen (secondary N) is 2. The summed E-state index contributed by atoms with van der Waals surface area (Å²) in [5.41, 5.74) is 7.60. The summed E-state index contributed by atoms with van der Waals surface area (Å²) in [6.07, 6.45) is 1.50. The molecular formula is C13H21N3O2. The number of hydrogen-bond donors (Lipinski definition) is 4. The maximum atomic E-state index is 11.7. The molecular weight excluding hydrogens is 230 g/mol. The van der Waals surface area contributed by atoms with Crippen molar-refractivity contribution >= 4 is 17.3 Å². The lowest BCUT2D eigenvalue weighted by Crippen LogP contribution is -2.24. The molecule has 0 aliphatic heterocycles. The van der Waals surface area contributed by atoms with E-state index < -0.39 is 0 Å². The Morgan fingerprint density at radius 3 is 2.78 bits per heavy atom. The number of amides is 1. The van der Waals surface area contributed by atoms with Crippen molar-refractivity contribution in [3.8, 4) is 0 Å². The van der Waals surface area contributed by atoms with E-state index in [2.05, 4.69) is 10.6 Å². The number of rotatable bonds is 6. The van der Waals surface area contributed by atoms with Crippen LogP contribution in [0.2, 0.25) is 0 Å². The van der Waals surface area contributed by atoms with Gasteiger partial charge in [-0.25, -0.2) is 0 Å². The number of aliphatic hydroxyl groups is 1. The Hall–Kier alpha value is -1.75. The Balaban J connectivity index is 2.97. The average Bonchev–Trinajstić information content (AvgIpc) is 2.37. The summed E-state index contributed by atoms with van der Waals surface area (Å²) >= 11 is 0. The molecule has 5 nitrogen and oxygen atoms in total. The SMILES string of the molecule is CCC(CCO)Nc1cc(N)ccc1C(=O)NC. The maximum Gasteiger partial charge on any atom is 0.253 e. The number of nitrogens with two attached hydrogens (primary N) is 1. The average molecular weight is 251 g/mol. The van der Waals surface area contributed by atoms with Crippen LogP contribution in [0, 0.1) is 0 Å². The molecule has 1 aromatic carbocycles. The van der Waals surface area contributed by atoms with Gasteiger partial charge in [-0.05, 0) is 31.0 Å². The number of hydrogen-bond acceptors (Lipinski definition) is 4. The third-order valence-corrected chi connectivity index (χ3v) is 2.85. The standard InChI is InChI=1S/C13H21N3O2/c1-3-10(6-7-17)16-12-8-9(14)4-5-11(12)13(18)15-2/h4-5,8,10,16-17H,3,6-7,14H2,1-2H3,(H,15,18). The quantitative estimate of drug-likeness (QED) is 0.572. The van der Waals surface area contributed by atoms with Crippen LogP contribution < -0.4 is 16.4 Å². The van der Waals surface area contributed by atoms with Gasteiger partial charge in [0, 0.05) is 31.1 Å². The number of nitrogen functional groups attached to an aromatic ring is 1. The molecule has 5 heteroatoms. The van der Waals surface area contributed by atoms with E-state index in [1.807, 2.05) is 6.92 Å². The van der Waals surface area contributed by atoms with E-state index in [1.54, 1.807) is 25.2 Å². The molecule has 1 aromatic rings. The van der Waals surface area contributed by atoms with E-state index in [1.165, 1.54) is 0 Å². The molecule has 1 amide bonds. The number of benzene rings is 1. The molecule has 0 saturated carbocycles. The Morgan fingerprint density at radius 1 is 1.50 bits per heavy atom. The molecule has 0 aliphatic rings. The van der Waals surface area contributed by atoms with Gasteiger partial charge in [-0.2, -0.15) is 0 Å². The first-order valence-electron chi connectivity index (χ1n) is 6.11. The summed E-state index contributed by atoms with van der Waals surface area (Å²) in [7, 11) is 1.59. The van der Waals surface area contributed by atoms with Gasteiger partial charge < -0.3 is 21.5 Å². The van der Waals surface area contributed by atoms with E-state index >= 15 is 0 Å². The molecule has 0 fully saturated rings. The second-order valence-electron chi connectivity index (χ2n) is 4.15. The van der Waals surface area contributed by atoms with Crippen molar-refractivity contribution in [1.82, 2.24) is 5.32 Å². The number of carbonyl (C=O) groups is 1. The Morgan fingerprint density at radius 2 is 2.22 bits per heavy atom. The fourth-order valence-electron chi connectivity index (χ4n) is 1.77. The van der Waals surface area contributed by atoms with Gasteiger partial charge in [0.15, 0.2) is 0 Å². The molecule has 0 radical (unpaired) electrons. The highest BCUT2D eigenvalue weighted by molar-refractivity contribution is 6.00. The summed E-state index contributed by atoms with van der Waals surface area (Å²) in [6, 6.07) is 5.26. The molecule has 5 N–H and O–H groups in total. The molecule has 18 heavy (non-hydrogen) atoms. The predicted octanol–water partition coefficient (Wildman–Crippen LogP) is 1.20. The van der Waals surface area contributed by atoms with Gasteiger partial charge in [0.1, 0.15) is 0 Å². The minimum absolute atomic E-state index is 0.114. The highest BCUT2D eigenvalue weighted by atomic mass is 16.3. The van der Waals surface area contributed by atoms with Gasteiger partial charge in [-0.15, -0.1) is 0 Å². The molecule has 1 unspecified atom stereocenters. The normalized spacial score (nSPS) is 11.9. The van der Waals surface area contributed by atoms with Crippen molar-refractivity contribution in [3.63, 3.8) is 0 Å². The first-order chi connectivity index (χ1) is 8.62. The van der Waals surface area contributed by atoms with Crippen LogP contribution in [-0.4, -0.2) is 30.7 Å². The van der Waals surface area contributed by atoms with Crippen LogP contribution in [0.1, 0.15) is 30.1 Å². The van der Waals surface area contributed by atoms with Crippen molar-refractivity contribution in [2.75, 3.05) is 24.7 Å². The van der Waals surface area contributed by atoms with Gasteiger partial charge in [0.25, 0.3) is 5.91 Å². The molecule has 1 rings (SSSR count). The number of aliphatic hydroxyl groups excluding tert-OH is 1. The molecule has 1 atom stereocenters. The zero-order valence-electron chi connectivity index (χ0n) is 10.9. The lowest BCUT2D eigenvalue weighted by Gasteiger charge is -2.19. The van der Waals surface area contributed by atoms with Gasteiger partial charge in [0.2, 0.25) is 0 Å². The van der Waals surface area contributed by atoms with Crippen molar-refractivity contribution < 1.29 is 9.90 Å². The largest absolute Gasteiger partial charge is 0.399 e. The fraction of sp³-hybridized carbons (Fsp3) is 0.462. The molecule has 0 saturated heterocycles. The van der Waals surface area contributed by atoms with Crippen molar-refractivity contribution in [2.24, 2.45) is 0 Å². The Labute approximate surface area is 107 Å². The highest BCUT2D eigenvalue weighted by Gasteiger charge is 2.13. The van der Waals surface area contributed by atoms with E-state index in [4.69, 9.17) is 10.8 Å². The summed E-state index contributed by atoms with van der Waals surface area (Å²) in [4.78, 5) is 11.7. The van der Waals surface area contributed by atoms with E-state index in [0.29, 0.717) is 23.4 Å². The topological polar surface area (TPSA) is 87.4 Å². The summed E-state index contributed by atoms with van der Waals surface area (Å²) in [5.74, 6) is -0.156. The van der Waals surface area contributed by atoms with Crippen molar-refractivity contribution in [1.29, 1.82) is 0 Å². The monoisotopic (exact) mass is 251 g/mol. The van der Waals surface area contributed by atoms with Crippen LogP contribution in [-0.2, 0) is 0 Å². The third kappa shape index (κ3) is 3.63. The van der Waals surface area contributed by atoms with Crippen LogP contribution in [0.4, 0.5) is 11.4 Å². The van der Waals surface area contributed by atoms with Crippen molar-refractivity contribution in [2.45, 2.75) is 25.8 Å². The second kappa shape index (κ2) is 6.86. The first-order valence-corrected chi connectivity index (χ1v) is 6.11. The lowest BCUT2D eigenvalue weighted by molar-refractivity contribution is 0.0964. The van der Waals surface area contributed by atoms with Crippen LogP contribution in [0.25, 0.3) is 0 Å². The zero-order valence-corrected chi connectivity index (χ0v) is 10.9. The number of carbonyl (C=O) groups excluding carboxylic acids is 1. The molecule has 0 aliphatic carbocycles. The number of anilines is 2. The smallest absolute Gasteiger partial charge is 0.253 e. The maximum absolute atomic E-state index is 11.7. The summed E-state index contributed by atoms with van der Waals surface area (Å²) < 4.78 is 0. The Bertz CT molecular complexity index is 407. The van der Waals surface area contributed by atoms with Crippen LogP contribution in [0.15, 0.2) is 18.2 Å². The van der Waals surface area contributed by atoms with Gasteiger partial charge >= 0.3 is 0 Å². The lowest BCUT2D eigenvalue weighted by atomic mass is 10.1. The fourth-order valence-corrected chi connectivity index (χ4v) is 1.77. The summed E-state index contributed by atoms with van der Waals surface area (Å²) in [5, 5.41) is 14.8. The second-order valence-corrected chi connectivity index (χ2v) is 4.15. The van der Waals surface area contributed by atoms with E-state index in [-0.39, 0.29) is 18.6 Å².